The Morgan fingerprint density at radius 2 is 2.11 bits per heavy atom. The Kier molecular flexibility index (Phi) is 2.63. The second kappa shape index (κ2) is 3.89. The zero-order valence-corrected chi connectivity index (χ0v) is 5.25. The molecule has 0 fully saturated rings. The molecule has 0 amide bonds. The lowest BCUT2D eigenvalue weighted by Gasteiger charge is -1.88. The number of rotatable bonds is 0. The van der Waals surface area contributed by atoms with Gasteiger partial charge >= 0.3 is 0 Å². The first-order valence-electron chi connectivity index (χ1n) is 3.06. The number of allylic oxidation sites excluding steroid dienone is 3. The van der Waals surface area contributed by atoms with Crippen molar-refractivity contribution < 1.29 is 0 Å². The third kappa shape index (κ3) is 2.69. The van der Waals surface area contributed by atoms with E-state index in [-0.39, 0.29) is 0 Å². The van der Waals surface area contributed by atoms with Gasteiger partial charge in [-0.1, -0.05) is 24.3 Å². The predicted molar refractivity (Wildman–Crippen MR) is 39.4 cm³/mol. The number of hydrazone groups is 1. The molecule has 0 unspecified atom stereocenters. The van der Waals surface area contributed by atoms with E-state index in [2.05, 4.69) is 16.6 Å². The molecule has 48 valence electrons. The molecular formula is C7H10N2. The van der Waals surface area contributed by atoms with Gasteiger partial charge in [-0.15, -0.1) is 0 Å². The summed E-state index contributed by atoms with van der Waals surface area (Å²) in [7, 11) is 0. The Morgan fingerprint density at radius 3 is 3.11 bits per heavy atom. The van der Waals surface area contributed by atoms with E-state index in [1.165, 1.54) is 0 Å². The van der Waals surface area contributed by atoms with Crippen LogP contribution >= 0.6 is 0 Å². The van der Waals surface area contributed by atoms with Crippen LogP contribution in [0.3, 0.4) is 0 Å². The van der Waals surface area contributed by atoms with Gasteiger partial charge in [-0.25, -0.2) is 0 Å². The summed E-state index contributed by atoms with van der Waals surface area (Å²) >= 11 is 0. The molecule has 0 aromatic carbocycles. The zero-order chi connectivity index (χ0) is 6.36. The van der Waals surface area contributed by atoms with E-state index in [1.54, 1.807) is 0 Å². The van der Waals surface area contributed by atoms with Crippen molar-refractivity contribution >= 4 is 6.21 Å². The first-order valence-corrected chi connectivity index (χ1v) is 3.06. The molecule has 0 saturated carbocycles. The molecular weight excluding hydrogens is 112 g/mol. The third-order valence-electron chi connectivity index (χ3n) is 1.02. The van der Waals surface area contributed by atoms with E-state index in [9.17, 15) is 0 Å². The highest BCUT2D eigenvalue weighted by molar-refractivity contribution is 5.59. The summed E-state index contributed by atoms with van der Waals surface area (Å²) in [5.41, 5.74) is 2.87. The van der Waals surface area contributed by atoms with Gasteiger partial charge in [0.05, 0.1) is 6.54 Å². The molecule has 2 heteroatoms. The van der Waals surface area contributed by atoms with E-state index in [4.69, 9.17) is 0 Å². The summed E-state index contributed by atoms with van der Waals surface area (Å²) in [6.45, 7) is 0.820. The predicted octanol–water partition coefficient (Wildman–Crippen LogP) is 1.08. The van der Waals surface area contributed by atoms with Crippen LogP contribution in [0, 0.1) is 0 Å². The quantitative estimate of drug-likeness (QED) is 0.510. The largest absolute Gasteiger partial charge is 0.307 e. The lowest BCUT2D eigenvalue weighted by molar-refractivity contribution is 0.829. The molecule has 0 saturated heterocycles. The van der Waals surface area contributed by atoms with Gasteiger partial charge in [0.2, 0.25) is 0 Å². The van der Waals surface area contributed by atoms with Gasteiger partial charge in [0, 0.05) is 12.6 Å². The summed E-state index contributed by atoms with van der Waals surface area (Å²) in [4.78, 5) is 0. The van der Waals surface area contributed by atoms with Gasteiger partial charge in [0.25, 0.3) is 0 Å². The highest BCUT2D eigenvalue weighted by Gasteiger charge is 1.75. The minimum atomic E-state index is 0.820. The number of nitrogens with one attached hydrogen (secondary N) is 1. The number of hydrogen-bond acceptors (Lipinski definition) is 2. The zero-order valence-electron chi connectivity index (χ0n) is 5.25. The van der Waals surface area contributed by atoms with Crippen LogP contribution in [0.2, 0.25) is 0 Å². The van der Waals surface area contributed by atoms with Crippen LogP contribution in [-0.2, 0) is 0 Å². The molecule has 0 aromatic heterocycles. The summed E-state index contributed by atoms with van der Waals surface area (Å²) in [5.74, 6) is 0. The summed E-state index contributed by atoms with van der Waals surface area (Å²) in [6, 6.07) is 0. The van der Waals surface area contributed by atoms with Crippen molar-refractivity contribution in [1.82, 2.24) is 5.43 Å². The van der Waals surface area contributed by atoms with Crippen LogP contribution in [0.5, 0.6) is 0 Å². The summed E-state index contributed by atoms with van der Waals surface area (Å²) < 4.78 is 0. The Bertz CT molecular complexity index is 145. The third-order valence-corrected chi connectivity index (χ3v) is 1.02. The molecule has 1 heterocycles. The summed E-state index contributed by atoms with van der Waals surface area (Å²) in [6.07, 6.45) is 10.9. The molecule has 9 heavy (non-hydrogen) atoms. The van der Waals surface area contributed by atoms with Crippen LogP contribution < -0.4 is 5.43 Å². The number of nitrogens with zero attached hydrogens (tertiary/aromatic N) is 1. The molecule has 1 aliphatic rings. The first kappa shape index (κ1) is 6.08. The second-order valence-electron chi connectivity index (χ2n) is 1.77. The Morgan fingerprint density at radius 1 is 1.22 bits per heavy atom. The van der Waals surface area contributed by atoms with E-state index >= 15 is 0 Å². The maximum atomic E-state index is 3.91. The van der Waals surface area contributed by atoms with E-state index < -0.39 is 0 Å². The highest BCUT2D eigenvalue weighted by atomic mass is 15.3. The molecule has 1 aliphatic heterocycles. The van der Waals surface area contributed by atoms with E-state index in [0.717, 1.165) is 13.0 Å². The van der Waals surface area contributed by atoms with E-state index in [0.29, 0.717) is 0 Å². The van der Waals surface area contributed by atoms with Crippen molar-refractivity contribution in [3.63, 3.8) is 0 Å². The van der Waals surface area contributed by atoms with Gasteiger partial charge in [0.15, 0.2) is 0 Å². The molecule has 0 aromatic rings. The van der Waals surface area contributed by atoms with Gasteiger partial charge in [-0.3, -0.25) is 0 Å². The SMILES string of the molecule is C1=C\C/C=N\NC\C=C/1. The fourth-order valence-electron chi connectivity index (χ4n) is 0.587. The van der Waals surface area contributed by atoms with Gasteiger partial charge < -0.3 is 5.43 Å². The average Bonchev–Trinajstić information content (AvgIpc) is 2.00. The normalized spacial score (nSPS) is 28.4. The Balaban J connectivity index is 2.43. The Labute approximate surface area is 55.0 Å². The van der Waals surface area contributed by atoms with Crippen LogP contribution in [0.15, 0.2) is 29.4 Å². The van der Waals surface area contributed by atoms with Crippen LogP contribution in [0.4, 0.5) is 0 Å². The van der Waals surface area contributed by atoms with Gasteiger partial charge in [-0.2, -0.15) is 5.10 Å². The molecule has 0 spiro atoms. The summed E-state index contributed by atoms with van der Waals surface area (Å²) in [5, 5.41) is 3.91. The average molecular weight is 122 g/mol. The standard InChI is InChI=1S/C7H10N2/c1-2-4-6-8-9-7-5-3-1/h1-4,7-8H,5-6H2/b3-1-,4-2-,9-7-. The van der Waals surface area contributed by atoms with Crippen molar-refractivity contribution in [2.45, 2.75) is 6.42 Å². The molecule has 1 rings (SSSR count). The fourth-order valence-corrected chi connectivity index (χ4v) is 0.587. The fraction of sp³-hybridized carbons (Fsp3) is 0.286. The molecule has 0 radical (unpaired) electrons. The van der Waals surface area contributed by atoms with Crippen molar-refractivity contribution in [3.8, 4) is 0 Å². The first-order chi connectivity index (χ1) is 4.50. The monoisotopic (exact) mass is 122 g/mol. The lowest BCUT2D eigenvalue weighted by atomic mass is 10.4. The van der Waals surface area contributed by atoms with Crippen molar-refractivity contribution in [2.24, 2.45) is 5.10 Å². The maximum Gasteiger partial charge on any atom is 0.0513 e. The lowest BCUT2D eigenvalue weighted by Crippen LogP contribution is -2.03. The second-order valence-corrected chi connectivity index (χ2v) is 1.77. The van der Waals surface area contributed by atoms with Crippen molar-refractivity contribution in [3.05, 3.63) is 24.3 Å². The molecule has 1 N–H and O–H groups in total. The minimum absolute atomic E-state index is 0.820. The van der Waals surface area contributed by atoms with Crippen LogP contribution in [0.1, 0.15) is 6.42 Å². The maximum absolute atomic E-state index is 3.91. The van der Waals surface area contributed by atoms with Crippen molar-refractivity contribution in [1.29, 1.82) is 0 Å². The molecule has 2 nitrogen and oxygen atoms in total. The van der Waals surface area contributed by atoms with Crippen molar-refractivity contribution in [2.75, 3.05) is 6.54 Å². The number of hydrogen-bond donors (Lipinski definition) is 1. The van der Waals surface area contributed by atoms with Crippen LogP contribution in [0.25, 0.3) is 0 Å². The topological polar surface area (TPSA) is 24.4 Å². The van der Waals surface area contributed by atoms with Gasteiger partial charge in [0.1, 0.15) is 0 Å². The van der Waals surface area contributed by atoms with E-state index in [1.807, 2.05) is 24.4 Å². The highest BCUT2D eigenvalue weighted by Crippen LogP contribution is 1.83. The smallest absolute Gasteiger partial charge is 0.0513 e. The van der Waals surface area contributed by atoms with Gasteiger partial charge in [-0.05, 0) is 0 Å². The van der Waals surface area contributed by atoms with Crippen LogP contribution in [-0.4, -0.2) is 12.8 Å². The Hall–Kier alpha value is -1.05. The molecule has 0 bridgehead atoms. The molecule has 0 atom stereocenters. The minimum Gasteiger partial charge on any atom is -0.307 e. The molecule has 0 aliphatic carbocycles.